The molecule has 1 aromatic carbocycles. The molecule has 1 fully saturated rings. The van der Waals surface area contributed by atoms with Crippen molar-refractivity contribution in [2.24, 2.45) is 16.8 Å². The molecule has 3 rings (SSSR count). The zero-order valence-corrected chi connectivity index (χ0v) is 9.87. The van der Waals surface area contributed by atoms with E-state index in [-0.39, 0.29) is 11.8 Å². The first-order chi connectivity index (χ1) is 8.71. The fourth-order valence-corrected chi connectivity index (χ4v) is 2.61. The molecule has 5 heteroatoms. The molecular weight excluding hydrogens is 230 g/mol. The molecule has 0 saturated heterocycles. The minimum atomic E-state index is -0.850. The Balaban J connectivity index is 1.83. The highest BCUT2D eigenvalue weighted by atomic mass is 16.7. The second-order valence-electron chi connectivity index (χ2n) is 4.68. The van der Waals surface area contributed by atoms with Crippen LogP contribution in [-0.4, -0.2) is 17.5 Å². The predicted molar refractivity (Wildman–Crippen MR) is 65.5 cm³/mol. The number of amides is 1. The Labute approximate surface area is 105 Å². The van der Waals surface area contributed by atoms with Crippen LogP contribution in [0.3, 0.4) is 0 Å². The highest BCUT2D eigenvalue weighted by Gasteiger charge is 2.53. The quantitative estimate of drug-likeness (QED) is 0.841. The van der Waals surface area contributed by atoms with Crippen molar-refractivity contribution >= 4 is 11.7 Å². The summed E-state index contributed by atoms with van der Waals surface area (Å²) in [6, 6.07) is 9.59. The molecule has 1 heterocycles. The lowest BCUT2D eigenvalue weighted by Gasteiger charge is -2.24. The molecule has 1 amide bonds. The minimum absolute atomic E-state index is 0.360. The Morgan fingerprint density at radius 1 is 1.39 bits per heavy atom. The van der Waals surface area contributed by atoms with E-state index in [1.165, 1.54) is 0 Å². The Morgan fingerprint density at radius 3 is 2.89 bits per heavy atom. The van der Waals surface area contributed by atoms with Gasteiger partial charge in [-0.1, -0.05) is 35.5 Å². The van der Waals surface area contributed by atoms with Crippen LogP contribution in [0.5, 0.6) is 0 Å². The number of benzene rings is 1. The third kappa shape index (κ3) is 1.63. The van der Waals surface area contributed by atoms with Crippen molar-refractivity contribution in [3.8, 4) is 0 Å². The third-order valence-corrected chi connectivity index (χ3v) is 3.53. The van der Waals surface area contributed by atoms with Crippen LogP contribution < -0.4 is 11.1 Å². The van der Waals surface area contributed by atoms with Crippen molar-refractivity contribution < 1.29 is 9.63 Å². The van der Waals surface area contributed by atoms with E-state index >= 15 is 0 Å². The minimum Gasteiger partial charge on any atom is -0.369 e. The Hall–Kier alpha value is -2.04. The second-order valence-corrected chi connectivity index (χ2v) is 4.68. The van der Waals surface area contributed by atoms with Gasteiger partial charge in [0.15, 0.2) is 5.84 Å². The van der Waals surface area contributed by atoms with Gasteiger partial charge in [0.2, 0.25) is 11.6 Å². The number of amidine groups is 1. The summed E-state index contributed by atoms with van der Waals surface area (Å²) >= 11 is 0. The highest BCUT2D eigenvalue weighted by molar-refractivity contribution is 5.99. The van der Waals surface area contributed by atoms with Crippen molar-refractivity contribution in [3.05, 3.63) is 35.9 Å². The molecule has 18 heavy (non-hydrogen) atoms. The van der Waals surface area contributed by atoms with Gasteiger partial charge in [-0.05, 0) is 12.8 Å². The first kappa shape index (κ1) is 11.1. The van der Waals surface area contributed by atoms with Gasteiger partial charge >= 0.3 is 0 Å². The smallest absolute Gasteiger partial charge is 0.240 e. The highest BCUT2D eigenvalue weighted by Crippen LogP contribution is 2.40. The van der Waals surface area contributed by atoms with Crippen molar-refractivity contribution in [1.82, 2.24) is 5.32 Å². The zero-order valence-electron chi connectivity index (χ0n) is 9.87. The summed E-state index contributed by atoms with van der Waals surface area (Å²) in [6.07, 6.45) is 2.30. The lowest BCUT2D eigenvalue weighted by molar-refractivity contribution is -0.134. The number of rotatable bonds is 2. The molecule has 1 spiro atoms. The zero-order chi connectivity index (χ0) is 12.6. The Kier molecular flexibility index (Phi) is 2.47. The Bertz CT molecular complexity index is 500. The summed E-state index contributed by atoms with van der Waals surface area (Å²) in [5, 5.41) is 8.53. The van der Waals surface area contributed by atoms with E-state index in [4.69, 9.17) is 10.6 Å². The van der Waals surface area contributed by atoms with E-state index in [2.05, 4.69) is 10.5 Å². The van der Waals surface area contributed by atoms with Crippen LogP contribution in [-0.2, 0) is 9.63 Å². The van der Waals surface area contributed by atoms with Crippen molar-refractivity contribution in [2.75, 3.05) is 0 Å². The van der Waals surface area contributed by atoms with E-state index in [1.807, 2.05) is 30.3 Å². The van der Waals surface area contributed by atoms with Crippen LogP contribution in [0.25, 0.3) is 0 Å². The maximum Gasteiger partial charge on any atom is 0.240 e. The number of hydrogen-bond donors (Lipinski definition) is 1. The molecule has 93 valence electrons. The van der Waals surface area contributed by atoms with Crippen LogP contribution in [0, 0.1) is 5.92 Å². The van der Waals surface area contributed by atoms with Crippen LogP contribution in [0.1, 0.15) is 24.8 Å². The molecule has 2 atom stereocenters. The van der Waals surface area contributed by atoms with Gasteiger partial charge in [0, 0.05) is 12.0 Å². The lowest BCUT2D eigenvalue weighted by atomic mass is 9.98. The van der Waals surface area contributed by atoms with Crippen molar-refractivity contribution in [2.45, 2.75) is 25.0 Å². The fourth-order valence-electron chi connectivity index (χ4n) is 2.61. The van der Waals surface area contributed by atoms with Crippen LogP contribution in [0.15, 0.2) is 35.5 Å². The number of carbonyl (C=O) groups is 1. The summed E-state index contributed by atoms with van der Waals surface area (Å²) < 4.78 is 0. The van der Waals surface area contributed by atoms with Gasteiger partial charge in [0.1, 0.15) is 5.92 Å². The monoisotopic (exact) mass is 244 g/mol. The van der Waals surface area contributed by atoms with Crippen LogP contribution in [0.4, 0.5) is 0 Å². The number of nitrogens with two attached hydrogens (primary N) is 1. The predicted octanol–water partition coefficient (Wildman–Crippen LogP) is 0.964. The van der Waals surface area contributed by atoms with E-state index in [0.29, 0.717) is 12.3 Å². The Morgan fingerprint density at radius 2 is 2.17 bits per heavy atom. The van der Waals surface area contributed by atoms with Crippen LogP contribution in [0.2, 0.25) is 0 Å². The van der Waals surface area contributed by atoms with Crippen molar-refractivity contribution in [3.63, 3.8) is 0 Å². The third-order valence-electron chi connectivity index (χ3n) is 3.53. The maximum atomic E-state index is 11.4. The topological polar surface area (TPSA) is 78.8 Å². The summed E-state index contributed by atoms with van der Waals surface area (Å²) in [6.45, 7) is 0. The van der Waals surface area contributed by atoms with Gasteiger partial charge in [0.25, 0.3) is 0 Å². The van der Waals surface area contributed by atoms with Gasteiger partial charge in [-0.15, -0.1) is 0 Å². The first-order valence-electron chi connectivity index (χ1n) is 6.05. The van der Waals surface area contributed by atoms with Gasteiger partial charge in [0.05, 0.1) is 0 Å². The SMILES string of the molecule is NC(=O)C1CCCC12[N]C(c1ccccc1)=NO2. The molecule has 0 aromatic heterocycles. The average molecular weight is 244 g/mol. The number of primary amides is 1. The molecular formula is C13H14N3O2. The molecule has 2 unspecified atom stereocenters. The van der Waals surface area contributed by atoms with E-state index in [1.54, 1.807) is 0 Å². The summed E-state index contributed by atoms with van der Waals surface area (Å²) in [5.74, 6) is -0.188. The summed E-state index contributed by atoms with van der Waals surface area (Å²) in [4.78, 5) is 16.9. The number of hydrogen-bond acceptors (Lipinski definition) is 3. The van der Waals surface area contributed by atoms with E-state index < -0.39 is 5.72 Å². The largest absolute Gasteiger partial charge is 0.369 e. The molecule has 5 nitrogen and oxygen atoms in total. The van der Waals surface area contributed by atoms with Crippen molar-refractivity contribution in [1.29, 1.82) is 0 Å². The van der Waals surface area contributed by atoms with Gasteiger partial charge in [-0.25, -0.2) is 5.32 Å². The first-order valence-corrected chi connectivity index (χ1v) is 6.05. The molecule has 0 bridgehead atoms. The number of carbonyl (C=O) groups excluding carboxylic acids is 1. The molecule has 1 aliphatic heterocycles. The van der Waals surface area contributed by atoms with Gasteiger partial charge in [-0.2, -0.15) is 0 Å². The van der Waals surface area contributed by atoms with Gasteiger partial charge < -0.3 is 10.6 Å². The van der Waals surface area contributed by atoms with E-state index in [9.17, 15) is 4.79 Å². The normalized spacial score (nSPS) is 29.8. The number of oxime groups is 1. The second kappa shape index (κ2) is 4.01. The van der Waals surface area contributed by atoms with E-state index in [0.717, 1.165) is 18.4 Å². The number of nitrogens with zero attached hydrogens (tertiary/aromatic N) is 2. The van der Waals surface area contributed by atoms with Gasteiger partial charge in [-0.3, -0.25) is 4.79 Å². The summed E-state index contributed by atoms with van der Waals surface area (Å²) in [5.41, 5.74) is 5.45. The molecule has 2 aliphatic rings. The molecule has 1 aliphatic carbocycles. The molecule has 1 radical (unpaired) electrons. The maximum absolute atomic E-state index is 11.4. The average Bonchev–Trinajstić information content (AvgIpc) is 2.99. The molecule has 1 saturated carbocycles. The standard InChI is InChI=1S/C13H14N3O2/c14-11(17)10-7-4-8-13(10)15-12(16-18-13)9-5-2-1-3-6-9/h1-3,5-6,10H,4,7-8H2,(H2,14,17). The lowest BCUT2D eigenvalue weighted by Crippen LogP contribution is -2.48. The van der Waals surface area contributed by atoms with Crippen LogP contribution >= 0.6 is 0 Å². The summed E-state index contributed by atoms with van der Waals surface area (Å²) in [7, 11) is 0. The fraction of sp³-hybridized carbons (Fsp3) is 0.385. The molecule has 1 aromatic rings. The molecule has 2 N–H and O–H groups in total.